The highest BCUT2D eigenvalue weighted by Crippen LogP contribution is 2.48. The summed E-state index contributed by atoms with van der Waals surface area (Å²) in [5.74, 6) is 0. The highest BCUT2D eigenvalue weighted by molar-refractivity contribution is 7.29. The van der Waals surface area contributed by atoms with Gasteiger partial charge in [0.2, 0.25) is 0 Å². The molecule has 0 unspecified atom stereocenters. The van der Waals surface area contributed by atoms with Gasteiger partial charge in [-0.25, -0.2) is 0 Å². The average Bonchev–Trinajstić information content (AvgIpc) is 1.68. The van der Waals surface area contributed by atoms with Gasteiger partial charge < -0.3 is 10.6 Å². The summed E-state index contributed by atoms with van der Waals surface area (Å²) < 4.78 is 0. The van der Waals surface area contributed by atoms with E-state index in [0.717, 1.165) is 25.9 Å². The normalized spacial score (nSPS) is 11.7. The lowest BCUT2D eigenvalue weighted by molar-refractivity contribution is 0.556. The Bertz CT molecular complexity index is 3260. The van der Waals surface area contributed by atoms with E-state index in [-0.39, 0.29) is 0 Å². The van der Waals surface area contributed by atoms with E-state index < -0.39 is 0 Å². The monoisotopic (exact) mass is 1460 g/mol. The highest BCUT2D eigenvalue weighted by atomic mass is 32.1. The first-order chi connectivity index (χ1) is 48.5. The summed E-state index contributed by atoms with van der Waals surface area (Å²) in [6.07, 6.45) is 59.9. The van der Waals surface area contributed by atoms with Crippen LogP contribution in [0.4, 0.5) is 11.4 Å². The van der Waals surface area contributed by atoms with Gasteiger partial charge in [-0.1, -0.05) is 259 Å². The number of nitrogens with one attached hydrogen (secondary N) is 2. The molecule has 2 N–H and O–H groups in total. The largest absolute Gasteiger partial charge is 0.380 e. The molecule has 8 aromatic heterocycles. The van der Waals surface area contributed by atoms with Crippen molar-refractivity contribution in [3.8, 4) is 58.5 Å². The van der Waals surface area contributed by atoms with E-state index in [1.807, 2.05) is 90.7 Å². The molecular formula is C88H124N2S8. The van der Waals surface area contributed by atoms with Crippen molar-refractivity contribution in [3.05, 3.63) is 140 Å². The van der Waals surface area contributed by atoms with Crippen LogP contribution in [0.1, 0.15) is 317 Å². The quantitative estimate of drug-likeness (QED) is 0.0371. The molecule has 0 atom stereocenters. The first-order valence-corrected chi connectivity index (χ1v) is 46.5. The van der Waals surface area contributed by atoms with Crippen LogP contribution >= 0.6 is 90.7 Å². The van der Waals surface area contributed by atoms with Crippen LogP contribution in [0.5, 0.6) is 0 Å². The van der Waals surface area contributed by atoms with Crippen molar-refractivity contribution < 1.29 is 0 Å². The van der Waals surface area contributed by atoms with Gasteiger partial charge in [0.1, 0.15) is 0 Å². The van der Waals surface area contributed by atoms with Gasteiger partial charge in [0.05, 0.1) is 0 Å². The second-order valence-corrected chi connectivity index (χ2v) is 36.8. The van der Waals surface area contributed by atoms with Crippen LogP contribution in [0.15, 0.2) is 108 Å². The number of hydrogen-bond donors (Lipinski definition) is 2. The maximum Gasteiger partial charge on any atom is 0.0494 e. The van der Waals surface area contributed by atoms with Crippen LogP contribution in [-0.2, 0) is 38.8 Å². The first kappa shape index (κ1) is 78.6. The van der Waals surface area contributed by atoms with Crippen molar-refractivity contribution in [2.45, 2.75) is 323 Å². The number of anilines is 2. The third-order valence-corrected chi connectivity index (χ3v) is 29.8. The van der Waals surface area contributed by atoms with Gasteiger partial charge in [-0.2, -0.15) is 0 Å². The zero-order valence-corrected chi connectivity index (χ0v) is 67.7. The summed E-state index contributed by atoms with van der Waals surface area (Å²) in [4.78, 5) is 20.1. The van der Waals surface area contributed by atoms with E-state index >= 15 is 0 Å². The van der Waals surface area contributed by atoms with E-state index in [1.54, 1.807) is 22.3 Å². The summed E-state index contributed by atoms with van der Waals surface area (Å²) >= 11 is 15.9. The smallest absolute Gasteiger partial charge is 0.0494 e. The molecule has 0 radical (unpaired) electrons. The fourth-order valence-electron chi connectivity index (χ4n) is 14.1. The van der Waals surface area contributed by atoms with E-state index in [4.69, 9.17) is 0 Å². The van der Waals surface area contributed by atoms with Crippen LogP contribution in [-0.4, -0.2) is 0 Å². The van der Waals surface area contributed by atoms with Crippen LogP contribution < -0.4 is 10.6 Å². The van der Waals surface area contributed by atoms with Gasteiger partial charge >= 0.3 is 0 Å². The second kappa shape index (κ2) is 46.9. The van der Waals surface area contributed by atoms with Crippen molar-refractivity contribution in [1.29, 1.82) is 0 Å². The summed E-state index contributed by atoms with van der Waals surface area (Å²) in [5.41, 5.74) is 8.53. The topological polar surface area (TPSA) is 24.1 Å². The molecule has 0 aliphatic heterocycles. The van der Waals surface area contributed by atoms with Gasteiger partial charge in [-0.3, -0.25) is 0 Å². The lowest BCUT2D eigenvalue weighted by Gasteiger charge is -2.08. The van der Waals surface area contributed by atoms with Crippen molar-refractivity contribution in [2.75, 3.05) is 10.6 Å². The maximum atomic E-state index is 3.86. The number of hydrogen-bond acceptors (Lipinski definition) is 10. The molecule has 0 aliphatic rings. The third kappa shape index (κ3) is 27.2. The van der Waals surface area contributed by atoms with Gasteiger partial charge in [-0.15, -0.1) is 90.7 Å². The Morgan fingerprint density at radius 3 is 0.735 bits per heavy atom. The number of rotatable bonds is 56. The fourth-order valence-corrected chi connectivity index (χ4v) is 23.1. The van der Waals surface area contributed by atoms with Gasteiger partial charge in [-0.05, 0) is 181 Å². The Morgan fingerprint density at radius 2 is 0.459 bits per heavy atom. The second-order valence-electron chi connectivity index (χ2n) is 28.4. The van der Waals surface area contributed by atoms with Crippen LogP contribution in [0.3, 0.4) is 0 Å². The Balaban J connectivity index is 0.798. The van der Waals surface area contributed by atoms with Gasteiger partial charge in [0.25, 0.3) is 0 Å². The fraction of sp³-hybridized carbons (Fsp3) is 0.568. The van der Waals surface area contributed by atoms with Crippen molar-refractivity contribution >= 4 is 102 Å². The van der Waals surface area contributed by atoms with E-state index in [9.17, 15) is 0 Å². The minimum Gasteiger partial charge on any atom is -0.380 e. The molecule has 9 rings (SSSR count). The lowest BCUT2D eigenvalue weighted by Crippen LogP contribution is -1.99. The maximum absolute atomic E-state index is 3.86. The Kier molecular flexibility index (Phi) is 37.6. The molecular weight excluding hydrogens is 1340 g/mol. The summed E-state index contributed by atoms with van der Waals surface area (Å²) in [6, 6.07) is 38.2. The number of thiophene rings is 8. The SMILES string of the molecule is CCCCCCCCCCCCc1ccsc1-c1ccc(-c2ccc(-c3sc(CNc4ccc(NCc5cc(CCCCCCCCCCCC)c(-c6ccc(-c7ccc(-c8sccc8CCCCCCCCCCCC)s7)s6)s5)cc4)cc3CCCCCCCCCCCC)s2)s1. The molecule has 0 spiro atoms. The highest BCUT2D eigenvalue weighted by Gasteiger charge is 2.20. The molecule has 0 saturated carbocycles. The summed E-state index contributed by atoms with van der Waals surface area (Å²) in [6.45, 7) is 10.9. The molecule has 1 aromatic carbocycles. The molecule has 98 heavy (non-hydrogen) atoms. The van der Waals surface area contributed by atoms with E-state index in [2.05, 4.69) is 146 Å². The van der Waals surface area contributed by atoms with Crippen molar-refractivity contribution in [3.63, 3.8) is 0 Å². The molecule has 534 valence electrons. The van der Waals surface area contributed by atoms with Crippen molar-refractivity contribution in [2.24, 2.45) is 0 Å². The molecule has 0 saturated heterocycles. The Morgan fingerprint density at radius 1 is 0.224 bits per heavy atom. The molecule has 8 heterocycles. The standard InChI is InChI=1S/C88H124N2S8/c1-5-9-13-17-21-25-29-33-37-41-45-69-61-63-91-85(69)81-57-53-77(95-81)79-55-59-83(97-79)87-71(47-43-39-35-31-27-23-19-15-11-7-3)65-75(93-87)67-89-73-49-51-74(52-50-73)90-68-76-66-72(48-44-40-36-32-28-24-20-16-12-8-4)88(94-76)84-60-56-80(98-84)78-54-58-82(96-78)86-70(62-64-92-86)46-42-38-34-30-26-22-18-14-10-6-2/h49-66,89-90H,5-48,67-68H2,1-4H3. The molecule has 0 amide bonds. The Hall–Kier alpha value is -3.58. The molecule has 0 bridgehead atoms. The Labute approximate surface area is 628 Å². The van der Waals surface area contributed by atoms with E-state index in [1.165, 1.54) is 349 Å². The molecule has 2 nitrogen and oxygen atoms in total. The minimum absolute atomic E-state index is 0.837. The number of unbranched alkanes of at least 4 members (excludes halogenated alkanes) is 36. The summed E-state index contributed by atoms with van der Waals surface area (Å²) in [7, 11) is 0. The lowest BCUT2D eigenvalue weighted by atomic mass is 10.0. The third-order valence-electron chi connectivity index (χ3n) is 20.0. The zero-order valence-electron chi connectivity index (χ0n) is 61.2. The van der Waals surface area contributed by atoms with Crippen LogP contribution in [0, 0.1) is 0 Å². The molecule has 0 fully saturated rings. The zero-order chi connectivity index (χ0) is 67.9. The van der Waals surface area contributed by atoms with Gasteiger partial charge in [0.15, 0.2) is 0 Å². The first-order valence-electron chi connectivity index (χ1n) is 39.8. The van der Waals surface area contributed by atoms with Gasteiger partial charge in [0, 0.05) is 92.7 Å². The van der Waals surface area contributed by atoms with E-state index in [0.29, 0.717) is 0 Å². The molecule has 10 heteroatoms. The number of aryl methyl sites for hydroxylation is 4. The van der Waals surface area contributed by atoms with Crippen LogP contribution in [0.25, 0.3) is 58.5 Å². The average molecular weight is 1470 g/mol. The molecule has 9 aromatic rings. The van der Waals surface area contributed by atoms with Crippen LogP contribution in [0.2, 0.25) is 0 Å². The predicted molar refractivity (Wildman–Crippen MR) is 452 cm³/mol. The predicted octanol–water partition coefficient (Wildman–Crippen LogP) is 33.3. The molecule has 0 aliphatic carbocycles. The number of benzene rings is 1. The van der Waals surface area contributed by atoms with Crippen molar-refractivity contribution in [1.82, 2.24) is 0 Å². The minimum atomic E-state index is 0.837. The summed E-state index contributed by atoms with van der Waals surface area (Å²) in [5, 5.41) is 12.4.